The molecule has 29 heavy (non-hydrogen) atoms. The monoisotopic (exact) mass is 430 g/mol. The molecule has 0 saturated carbocycles. The van der Waals surface area contributed by atoms with Gasteiger partial charge in [0.05, 0.1) is 18.0 Å². The molecule has 2 rings (SSSR count). The number of nitro groups is 1. The molecule has 0 spiro atoms. The summed E-state index contributed by atoms with van der Waals surface area (Å²) in [6.45, 7) is 1.03. The summed E-state index contributed by atoms with van der Waals surface area (Å²) in [7, 11) is 0. The van der Waals surface area contributed by atoms with Crippen molar-refractivity contribution in [1.82, 2.24) is 24.8 Å². The Morgan fingerprint density at radius 1 is 1.45 bits per heavy atom. The molecule has 0 aromatic carbocycles. The van der Waals surface area contributed by atoms with E-state index in [1.165, 1.54) is 11.5 Å². The normalized spacial score (nSPS) is 12.0. The highest BCUT2D eigenvalue weighted by Gasteiger charge is 2.39. The summed E-state index contributed by atoms with van der Waals surface area (Å²) in [6.07, 6.45) is -0.207. The summed E-state index contributed by atoms with van der Waals surface area (Å²) in [4.78, 5) is 33.1. The fraction of sp³-hybridized carbons (Fsp3) is 0.357. The number of alkyl halides is 3. The van der Waals surface area contributed by atoms with Gasteiger partial charge in [0, 0.05) is 6.92 Å². The maximum Gasteiger partial charge on any atom is 0.409 e. The second-order valence-electron chi connectivity index (χ2n) is 5.38. The van der Waals surface area contributed by atoms with E-state index in [9.17, 15) is 23.7 Å². The molecule has 0 bridgehead atoms. The first-order valence-corrected chi connectivity index (χ1v) is 8.15. The molecule has 2 heterocycles. The van der Waals surface area contributed by atoms with Crippen LogP contribution in [0.15, 0.2) is 18.6 Å². The average Bonchev–Trinajstić information content (AvgIpc) is 3.02. The van der Waals surface area contributed by atoms with Gasteiger partial charge in [-0.25, -0.2) is 24.3 Å². The molecule has 1 unspecified atom stereocenters. The fourth-order valence-electron chi connectivity index (χ4n) is 2.06. The number of rotatable bonds is 8. The Hall–Kier alpha value is -3.60. The molecule has 1 atom stereocenters. The third kappa shape index (κ3) is 5.94. The molecule has 154 valence electrons. The number of anilines is 1. The van der Waals surface area contributed by atoms with Crippen molar-refractivity contribution in [3.8, 4) is 6.07 Å². The number of hydrogen-bond acceptors (Lipinski definition) is 9. The van der Waals surface area contributed by atoms with Gasteiger partial charge in [0.2, 0.25) is 5.95 Å². The van der Waals surface area contributed by atoms with E-state index in [4.69, 9.17) is 21.6 Å². The lowest BCUT2D eigenvalue weighted by Gasteiger charge is -2.23. The van der Waals surface area contributed by atoms with Crippen LogP contribution in [0.5, 0.6) is 0 Å². The molecular formula is C14H13ClF2N8O4. The Morgan fingerprint density at radius 2 is 2.10 bits per heavy atom. The van der Waals surface area contributed by atoms with E-state index >= 15 is 0 Å². The molecule has 0 radical (unpaired) electrons. The standard InChI is InChI=1S/C14H13ClF2N8O4/c1-8-19-7-10(25(27)28)24(8)2-3-29-13(26)23-11(14(15,16)17)22-12-20-5-9(4-18)6-21-12/h5-7,11H,2-3H2,1H3,(H,23,26)(H,20,21,22). The SMILES string of the molecule is Cc1ncc([N+](=O)[O-])n1CCOC(=O)NC(Nc1ncc(C#N)cn1)C(F)(F)Cl. The molecule has 0 aliphatic carbocycles. The molecule has 12 nitrogen and oxygen atoms in total. The van der Waals surface area contributed by atoms with Gasteiger partial charge >= 0.3 is 17.3 Å². The minimum absolute atomic E-state index is 0.0981. The van der Waals surface area contributed by atoms with E-state index in [1.54, 1.807) is 6.07 Å². The molecule has 0 aliphatic rings. The van der Waals surface area contributed by atoms with Crippen LogP contribution in [0.25, 0.3) is 0 Å². The number of nitrogens with zero attached hydrogens (tertiary/aromatic N) is 6. The van der Waals surface area contributed by atoms with Crippen LogP contribution in [0.1, 0.15) is 11.4 Å². The molecule has 2 aromatic heterocycles. The number of carbonyl (C=O) groups is 1. The molecule has 15 heteroatoms. The first kappa shape index (κ1) is 21.7. The number of carbonyl (C=O) groups excluding carboxylic acids is 1. The number of aryl methyl sites for hydroxylation is 1. The van der Waals surface area contributed by atoms with Crippen LogP contribution in [0.2, 0.25) is 0 Å². The molecule has 0 saturated heterocycles. The number of hydrogen-bond donors (Lipinski definition) is 2. The highest BCUT2D eigenvalue weighted by Crippen LogP contribution is 2.24. The summed E-state index contributed by atoms with van der Waals surface area (Å²) in [5.74, 6) is -0.318. The predicted molar refractivity (Wildman–Crippen MR) is 93.1 cm³/mol. The highest BCUT2D eigenvalue weighted by molar-refractivity contribution is 6.22. The Kier molecular flexibility index (Phi) is 6.78. The number of nitrogens with one attached hydrogen (secondary N) is 2. The van der Waals surface area contributed by atoms with Gasteiger partial charge in [-0.15, -0.1) is 0 Å². The van der Waals surface area contributed by atoms with Crippen LogP contribution in [-0.2, 0) is 11.3 Å². The number of halogens is 3. The van der Waals surface area contributed by atoms with E-state index in [-0.39, 0.29) is 30.5 Å². The number of imidazole rings is 1. The topological polar surface area (TPSA) is 161 Å². The molecule has 0 fully saturated rings. The average molecular weight is 431 g/mol. The second-order valence-corrected chi connectivity index (χ2v) is 5.88. The lowest BCUT2D eigenvalue weighted by molar-refractivity contribution is -0.392. The number of nitriles is 1. The second kappa shape index (κ2) is 9.06. The van der Waals surface area contributed by atoms with E-state index in [0.29, 0.717) is 5.82 Å². The van der Waals surface area contributed by atoms with Gasteiger partial charge in [-0.1, -0.05) is 0 Å². The zero-order valence-electron chi connectivity index (χ0n) is 14.7. The van der Waals surface area contributed by atoms with Crippen molar-refractivity contribution in [1.29, 1.82) is 5.26 Å². The Morgan fingerprint density at radius 3 is 2.66 bits per heavy atom. The quantitative estimate of drug-likeness (QED) is 0.275. The lowest BCUT2D eigenvalue weighted by atomic mass is 10.4. The number of alkyl carbamates (subject to hydrolysis) is 1. The summed E-state index contributed by atoms with van der Waals surface area (Å²) < 4.78 is 33.1. The zero-order valence-corrected chi connectivity index (χ0v) is 15.4. The minimum atomic E-state index is -3.95. The van der Waals surface area contributed by atoms with E-state index in [2.05, 4.69) is 20.3 Å². The Bertz CT molecular complexity index is 925. The Labute approximate surface area is 166 Å². The fourth-order valence-corrected chi connectivity index (χ4v) is 2.17. The van der Waals surface area contributed by atoms with Crippen molar-refractivity contribution in [3.05, 3.63) is 40.1 Å². The van der Waals surface area contributed by atoms with Gasteiger partial charge in [0.25, 0.3) is 0 Å². The molecule has 0 aliphatic heterocycles. The largest absolute Gasteiger partial charge is 0.445 e. The van der Waals surface area contributed by atoms with Gasteiger partial charge in [-0.3, -0.25) is 5.32 Å². The van der Waals surface area contributed by atoms with Crippen molar-refractivity contribution in [2.45, 2.75) is 25.0 Å². The zero-order chi connectivity index (χ0) is 21.6. The summed E-state index contributed by atoms with van der Waals surface area (Å²) in [5.41, 5.74) is 0.0981. The number of amides is 1. The van der Waals surface area contributed by atoms with Crippen LogP contribution in [0.3, 0.4) is 0 Å². The van der Waals surface area contributed by atoms with Crippen LogP contribution in [0.4, 0.5) is 25.3 Å². The minimum Gasteiger partial charge on any atom is -0.445 e. The van der Waals surface area contributed by atoms with Crippen LogP contribution >= 0.6 is 11.6 Å². The molecule has 2 aromatic rings. The predicted octanol–water partition coefficient (Wildman–Crippen LogP) is 1.76. The number of aromatic nitrogens is 4. The van der Waals surface area contributed by atoms with Gasteiger partial charge in [-0.2, -0.15) is 14.0 Å². The van der Waals surface area contributed by atoms with Gasteiger partial charge in [-0.05, 0) is 16.5 Å². The van der Waals surface area contributed by atoms with Crippen molar-refractivity contribution in [3.63, 3.8) is 0 Å². The van der Waals surface area contributed by atoms with Crippen LogP contribution in [0, 0.1) is 28.4 Å². The molecule has 1 amide bonds. The van der Waals surface area contributed by atoms with Gasteiger partial charge < -0.3 is 20.2 Å². The molecular weight excluding hydrogens is 418 g/mol. The Balaban J connectivity index is 1.95. The third-order valence-electron chi connectivity index (χ3n) is 3.41. The van der Waals surface area contributed by atoms with Crippen molar-refractivity contribution in [2.24, 2.45) is 0 Å². The lowest BCUT2D eigenvalue weighted by Crippen LogP contribution is -2.50. The first-order valence-electron chi connectivity index (χ1n) is 7.77. The van der Waals surface area contributed by atoms with E-state index in [0.717, 1.165) is 18.6 Å². The highest BCUT2D eigenvalue weighted by atomic mass is 35.5. The maximum atomic E-state index is 13.6. The number of ether oxygens (including phenoxy) is 1. The van der Waals surface area contributed by atoms with E-state index in [1.807, 2.05) is 5.32 Å². The summed E-state index contributed by atoms with van der Waals surface area (Å²) in [6, 6.07) is 1.75. The van der Waals surface area contributed by atoms with Gasteiger partial charge in [0.15, 0.2) is 12.0 Å². The smallest absolute Gasteiger partial charge is 0.409 e. The van der Waals surface area contributed by atoms with Crippen molar-refractivity contribution in [2.75, 3.05) is 11.9 Å². The van der Waals surface area contributed by atoms with Crippen molar-refractivity contribution < 1.29 is 23.2 Å². The van der Waals surface area contributed by atoms with Crippen molar-refractivity contribution >= 4 is 29.5 Å². The first-order chi connectivity index (χ1) is 13.6. The summed E-state index contributed by atoms with van der Waals surface area (Å²) in [5, 5.41) is 19.5. The van der Waals surface area contributed by atoms with Crippen LogP contribution in [-0.4, -0.2) is 48.7 Å². The third-order valence-corrected chi connectivity index (χ3v) is 3.63. The maximum absolute atomic E-state index is 13.6. The van der Waals surface area contributed by atoms with E-state index < -0.39 is 22.6 Å². The molecule has 2 N–H and O–H groups in total. The van der Waals surface area contributed by atoms with Gasteiger partial charge in [0.1, 0.15) is 25.4 Å². The van der Waals surface area contributed by atoms with Crippen LogP contribution < -0.4 is 10.6 Å². The summed E-state index contributed by atoms with van der Waals surface area (Å²) >= 11 is 4.98.